The number of hydrogen-bond donors (Lipinski definition) is 2. The summed E-state index contributed by atoms with van der Waals surface area (Å²) >= 11 is 4.87. The lowest BCUT2D eigenvalue weighted by atomic mass is 10.1. The molecule has 1 aromatic carbocycles. The van der Waals surface area contributed by atoms with E-state index in [1.54, 1.807) is 0 Å². The van der Waals surface area contributed by atoms with Crippen molar-refractivity contribution < 1.29 is 0 Å². The molecule has 0 radical (unpaired) electrons. The average Bonchev–Trinajstić information content (AvgIpc) is 2.22. The SMILES string of the molecule is CNCCCCNc1c(C)c(=S)c1=O. The van der Waals surface area contributed by atoms with Crippen LogP contribution in [0.4, 0.5) is 5.69 Å². The summed E-state index contributed by atoms with van der Waals surface area (Å²) in [5.74, 6) is 0. The molecule has 1 rings (SSSR count). The maximum atomic E-state index is 11.2. The van der Waals surface area contributed by atoms with Crippen molar-refractivity contribution >= 4 is 17.9 Å². The zero-order chi connectivity index (χ0) is 10.6. The van der Waals surface area contributed by atoms with Gasteiger partial charge in [-0.05, 0) is 38.9 Å². The van der Waals surface area contributed by atoms with E-state index >= 15 is 0 Å². The number of hydrogen-bond acceptors (Lipinski definition) is 4. The molecule has 0 aromatic heterocycles. The van der Waals surface area contributed by atoms with Crippen LogP contribution < -0.4 is 16.1 Å². The van der Waals surface area contributed by atoms with Gasteiger partial charge in [0.25, 0.3) is 0 Å². The van der Waals surface area contributed by atoms with Crippen molar-refractivity contribution in [3.63, 3.8) is 0 Å². The second-order valence-corrected chi connectivity index (χ2v) is 3.80. The molecule has 2 N–H and O–H groups in total. The molecule has 1 aromatic rings. The summed E-state index contributed by atoms with van der Waals surface area (Å²) in [6.45, 7) is 3.76. The second-order valence-electron chi connectivity index (χ2n) is 3.40. The van der Waals surface area contributed by atoms with E-state index in [-0.39, 0.29) is 5.43 Å². The molecule has 0 unspecified atom stereocenters. The molecule has 0 fully saturated rings. The molecule has 0 aliphatic carbocycles. The lowest BCUT2D eigenvalue weighted by molar-refractivity contribution is 0.694. The highest BCUT2D eigenvalue weighted by atomic mass is 32.1. The Balaban J connectivity index is 2.27. The molecule has 0 saturated heterocycles. The van der Waals surface area contributed by atoms with Gasteiger partial charge in [-0.1, -0.05) is 12.2 Å². The minimum Gasteiger partial charge on any atom is -0.382 e. The summed E-state index contributed by atoms with van der Waals surface area (Å²) in [6.07, 6.45) is 2.19. The first kappa shape index (κ1) is 11.3. The monoisotopic (exact) mass is 212 g/mol. The van der Waals surface area contributed by atoms with Gasteiger partial charge in [0, 0.05) is 6.54 Å². The normalized spacial score (nSPS) is 10.7. The molecule has 4 heteroatoms. The van der Waals surface area contributed by atoms with E-state index in [1.807, 2.05) is 14.0 Å². The third-order valence-corrected chi connectivity index (χ3v) is 2.80. The molecule has 3 nitrogen and oxygen atoms in total. The Morgan fingerprint density at radius 3 is 2.50 bits per heavy atom. The molecule has 14 heavy (non-hydrogen) atoms. The van der Waals surface area contributed by atoms with E-state index in [0.29, 0.717) is 4.51 Å². The van der Waals surface area contributed by atoms with Crippen LogP contribution in [0.1, 0.15) is 18.4 Å². The first-order valence-electron chi connectivity index (χ1n) is 4.87. The van der Waals surface area contributed by atoms with Crippen molar-refractivity contribution in [2.75, 3.05) is 25.5 Å². The van der Waals surface area contributed by atoms with Crippen LogP contribution in [-0.4, -0.2) is 20.1 Å². The molecule has 0 atom stereocenters. The Bertz CT molecular complexity index is 366. The highest BCUT2D eigenvalue weighted by Crippen LogP contribution is 2.13. The summed E-state index contributed by atoms with van der Waals surface area (Å²) in [6, 6.07) is 0. The standard InChI is InChI=1S/C10H16N2OS/c1-7-8(9(13)10(7)14)12-6-4-3-5-11-2/h11-12H,3-6H2,1-2H3. The molecule has 0 saturated carbocycles. The Labute approximate surface area is 89.2 Å². The Morgan fingerprint density at radius 1 is 1.29 bits per heavy atom. The smallest absolute Gasteiger partial charge is 0.220 e. The van der Waals surface area contributed by atoms with Crippen LogP contribution >= 0.6 is 12.2 Å². The second kappa shape index (κ2) is 5.22. The van der Waals surface area contributed by atoms with Crippen molar-refractivity contribution in [3.05, 3.63) is 20.3 Å². The number of anilines is 1. The summed E-state index contributed by atoms with van der Waals surface area (Å²) < 4.78 is 0.489. The Morgan fingerprint density at radius 2 is 1.93 bits per heavy atom. The molecule has 0 aliphatic rings. The van der Waals surface area contributed by atoms with Gasteiger partial charge in [0.05, 0.1) is 10.2 Å². The predicted octanol–water partition coefficient (Wildman–Crippen LogP) is 1.37. The van der Waals surface area contributed by atoms with Gasteiger partial charge in [0.1, 0.15) is 0 Å². The van der Waals surface area contributed by atoms with Crippen molar-refractivity contribution in [2.24, 2.45) is 0 Å². The molecule has 0 bridgehead atoms. The fourth-order valence-corrected chi connectivity index (χ4v) is 1.56. The van der Waals surface area contributed by atoms with Gasteiger partial charge in [-0.2, -0.15) is 0 Å². The van der Waals surface area contributed by atoms with Crippen molar-refractivity contribution in [2.45, 2.75) is 19.8 Å². The summed E-state index contributed by atoms with van der Waals surface area (Å²) in [4.78, 5) is 11.2. The van der Waals surface area contributed by atoms with Crippen LogP contribution in [0.5, 0.6) is 0 Å². The third kappa shape index (κ3) is 2.39. The van der Waals surface area contributed by atoms with Crippen LogP contribution in [0, 0.1) is 11.4 Å². The van der Waals surface area contributed by atoms with Crippen LogP contribution in [0.25, 0.3) is 0 Å². The van der Waals surface area contributed by atoms with Crippen molar-refractivity contribution in [3.8, 4) is 0 Å². The van der Waals surface area contributed by atoms with Gasteiger partial charge >= 0.3 is 0 Å². The maximum Gasteiger partial charge on any atom is 0.220 e. The zero-order valence-electron chi connectivity index (χ0n) is 8.64. The van der Waals surface area contributed by atoms with Crippen molar-refractivity contribution in [1.29, 1.82) is 0 Å². The van der Waals surface area contributed by atoms with E-state index in [2.05, 4.69) is 10.6 Å². The minimum absolute atomic E-state index is 0.00566. The Hall–Kier alpha value is -0.740. The van der Waals surface area contributed by atoms with Gasteiger partial charge in [0.15, 0.2) is 0 Å². The molecule has 0 aliphatic heterocycles. The number of rotatable bonds is 6. The lowest BCUT2D eigenvalue weighted by Crippen LogP contribution is -2.20. The first-order valence-corrected chi connectivity index (χ1v) is 5.27. The zero-order valence-corrected chi connectivity index (χ0v) is 9.46. The van der Waals surface area contributed by atoms with Gasteiger partial charge in [-0.25, -0.2) is 0 Å². The fourth-order valence-electron chi connectivity index (χ4n) is 1.36. The van der Waals surface area contributed by atoms with E-state index in [1.165, 1.54) is 0 Å². The number of nitrogens with one attached hydrogen (secondary N) is 2. The Kier molecular flexibility index (Phi) is 4.22. The van der Waals surface area contributed by atoms with Gasteiger partial charge in [-0.15, -0.1) is 0 Å². The molecular formula is C10H16N2OS. The molecule has 0 heterocycles. The number of unbranched alkanes of at least 4 members (excludes halogenated alkanes) is 1. The molecule has 0 spiro atoms. The third-order valence-electron chi connectivity index (χ3n) is 2.30. The van der Waals surface area contributed by atoms with E-state index in [9.17, 15) is 4.79 Å². The van der Waals surface area contributed by atoms with Crippen LogP contribution in [0.15, 0.2) is 4.79 Å². The predicted molar refractivity (Wildman–Crippen MR) is 62.3 cm³/mol. The van der Waals surface area contributed by atoms with Gasteiger partial charge in [-0.3, -0.25) is 4.79 Å². The first-order chi connectivity index (χ1) is 6.68. The van der Waals surface area contributed by atoms with Crippen LogP contribution in [0.3, 0.4) is 0 Å². The highest BCUT2D eigenvalue weighted by Gasteiger charge is 2.11. The van der Waals surface area contributed by atoms with E-state index in [4.69, 9.17) is 12.2 Å². The summed E-state index contributed by atoms with van der Waals surface area (Å²) in [7, 11) is 1.94. The molecular weight excluding hydrogens is 196 g/mol. The molecule has 0 amide bonds. The molecule has 78 valence electrons. The van der Waals surface area contributed by atoms with Crippen LogP contribution in [-0.2, 0) is 0 Å². The van der Waals surface area contributed by atoms with Crippen LogP contribution in [0.2, 0.25) is 0 Å². The maximum absolute atomic E-state index is 11.2. The van der Waals surface area contributed by atoms with E-state index < -0.39 is 0 Å². The quantitative estimate of drug-likeness (QED) is 0.552. The topological polar surface area (TPSA) is 41.1 Å². The lowest BCUT2D eigenvalue weighted by Gasteiger charge is -2.10. The summed E-state index contributed by atoms with van der Waals surface area (Å²) in [5, 5.41) is 6.20. The average molecular weight is 212 g/mol. The largest absolute Gasteiger partial charge is 0.382 e. The van der Waals surface area contributed by atoms with Gasteiger partial charge in [0.2, 0.25) is 5.43 Å². The van der Waals surface area contributed by atoms with E-state index in [0.717, 1.165) is 37.2 Å². The summed E-state index contributed by atoms with van der Waals surface area (Å²) in [5.41, 5.74) is 1.67. The van der Waals surface area contributed by atoms with Gasteiger partial charge < -0.3 is 10.6 Å². The fraction of sp³-hybridized carbons (Fsp3) is 0.600. The highest BCUT2D eigenvalue weighted by molar-refractivity contribution is 7.71. The van der Waals surface area contributed by atoms with Crippen molar-refractivity contribution in [1.82, 2.24) is 5.32 Å². The minimum atomic E-state index is 0.00566.